The molecule has 0 radical (unpaired) electrons. The maximum Gasteiger partial charge on any atom is 0.472 e. The number of hydrogen-bond donors (Lipinski definition) is 7. The summed E-state index contributed by atoms with van der Waals surface area (Å²) in [4.78, 5) is 54.3. The molecule has 16 nitrogen and oxygen atoms in total. The molecule has 1 aliphatic rings. The van der Waals surface area contributed by atoms with Gasteiger partial charge in [-0.15, -0.1) is 0 Å². The topological polar surface area (TPSA) is 256 Å². The van der Waals surface area contributed by atoms with Crippen molar-refractivity contribution in [2.24, 2.45) is 0 Å². The zero-order valence-electron chi connectivity index (χ0n) is 38.8. The van der Waals surface area contributed by atoms with Gasteiger partial charge in [-0.2, -0.15) is 0 Å². The Morgan fingerprint density at radius 2 is 0.778 bits per heavy atom. The van der Waals surface area contributed by atoms with Crippen molar-refractivity contribution in [3.63, 3.8) is 0 Å². The number of carbonyl (C=O) groups is 2. The Labute approximate surface area is 378 Å². The molecule has 0 aliphatic heterocycles. The van der Waals surface area contributed by atoms with Crippen molar-refractivity contribution in [2.45, 2.75) is 262 Å². The number of hydrogen-bond acceptors (Lipinski definition) is 13. The molecule has 0 spiro atoms. The SMILES string of the molecule is CCCCCCCCCCCCCCCCCC(=O)OCC(COP(=O)(O)O[C@@H]1[C@H](O)[C@H](OP(=O)(O)O)[C@@H](O)[C@H](O)[C@H]1O)OC(=O)CCCCCCCCCCCCCCCCC. The van der Waals surface area contributed by atoms with Gasteiger partial charge in [0.05, 0.1) is 6.61 Å². The minimum atomic E-state index is -5.36. The lowest BCUT2D eigenvalue weighted by atomic mass is 9.85. The van der Waals surface area contributed by atoms with Gasteiger partial charge in [0.1, 0.15) is 43.2 Å². The Hall–Kier alpha value is -1.00. The van der Waals surface area contributed by atoms with Crippen molar-refractivity contribution in [1.82, 2.24) is 0 Å². The summed E-state index contributed by atoms with van der Waals surface area (Å²) in [6, 6.07) is 0. The Bertz CT molecular complexity index is 1240. The maximum absolute atomic E-state index is 13.0. The average molecular weight is 947 g/mol. The highest BCUT2D eigenvalue weighted by Gasteiger charge is 2.54. The van der Waals surface area contributed by atoms with E-state index in [1.54, 1.807) is 0 Å². The Kier molecular flexibility index (Phi) is 35.3. The van der Waals surface area contributed by atoms with E-state index in [0.717, 1.165) is 51.4 Å². The second kappa shape index (κ2) is 37.0. The first-order chi connectivity index (χ1) is 30.1. The van der Waals surface area contributed by atoms with Crippen LogP contribution in [0.2, 0.25) is 0 Å². The van der Waals surface area contributed by atoms with Crippen molar-refractivity contribution >= 4 is 27.6 Å². The van der Waals surface area contributed by atoms with Gasteiger partial charge in [-0.1, -0.05) is 194 Å². The molecule has 7 N–H and O–H groups in total. The predicted octanol–water partition coefficient (Wildman–Crippen LogP) is 9.40. The van der Waals surface area contributed by atoms with Crippen LogP contribution in [0, 0.1) is 0 Å². The van der Waals surface area contributed by atoms with Gasteiger partial charge >= 0.3 is 27.6 Å². The summed E-state index contributed by atoms with van der Waals surface area (Å²) < 4.78 is 49.4. The fraction of sp³-hybridized carbons (Fsp3) is 0.956. The first-order valence-corrected chi connectivity index (χ1v) is 27.6. The molecule has 1 aliphatic carbocycles. The van der Waals surface area contributed by atoms with Gasteiger partial charge in [0.25, 0.3) is 0 Å². The zero-order valence-corrected chi connectivity index (χ0v) is 40.6. The average Bonchev–Trinajstić information content (AvgIpc) is 3.23. The summed E-state index contributed by atoms with van der Waals surface area (Å²) >= 11 is 0. The molecule has 18 heteroatoms. The minimum absolute atomic E-state index is 0.0523. The lowest BCUT2D eigenvalue weighted by molar-refractivity contribution is -0.216. The lowest BCUT2D eigenvalue weighted by Gasteiger charge is -2.43. The number of carbonyl (C=O) groups excluding carboxylic acids is 2. The number of unbranched alkanes of at least 4 members (excludes halogenated alkanes) is 28. The van der Waals surface area contributed by atoms with Gasteiger partial charge in [-0.05, 0) is 12.8 Å². The highest BCUT2D eigenvalue weighted by molar-refractivity contribution is 7.47. The first kappa shape index (κ1) is 60.0. The quantitative estimate of drug-likeness (QED) is 0.0171. The van der Waals surface area contributed by atoms with Crippen LogP contribution in [0.15, 0.2) is 0 Å². The van der Waals surface area contributed by atoms with E-state index < -0.39 is 83.5 Å². The largest absolute Gasteiger partial charge is 0.472 e. The molecule has 0 bridgehead atoms. The van der Waals surface area contributed by atoms with Gasteiger partial charge < -0.3 is 44.6 Å². The van der Waals surface area contributed by atoms with Crippen LogP contribution in [-0.2, 0) is 41.8 Å². The number of aliphatic hydroxyl groups is 4. The lowest BCUT2D eigenvalue weighted by Crippen LogP contribution is -2.64. The minimum Gasteiger partial charge on any atom is -0.462 e. The van der Waals surface area contributed by atoms with Crippen molar-refractivity contribution in [2.75, 3.05) is 13.2 Å². The zero-order chi connectivity index (χ0) is 46.8. The Morgan fingerprint density at radius 3 is 1.14 bits per heavy atom. The summed E-state index contributed by atoms with van der Waals surface area (Å²) in [5.74, 6) is -1.19. The molecule has 1 fully saturated rings. The summed E-state index contributed by atoms with van der Waals surface area (Å²) in [5, 5.41) is 41.2. The van der Waals surface area contributed by atoms with Crippen molar-refractivity contribution in [3.05, 3.63) is 0 Å². The third-order valence-electron chi connectivity index (χ3n) is 11.7. The van der Waals surface area contributed by atoms with Crippen LogP contribution >= 0.6 is 15.6 Å². The summed E-state index contributed by atoms with van der Waals surface area (Å²) in [6.45, 7) is 3.14. The molecule has 0 aromatic heterocycles. The number of phosphoric ester groups is 2. The fourth-order valence-corrected chi connectivity index (χ4v) is 9.39. The van der Waals surface area contributed by atoms with Gasteiger partial charge in [0.2, 0.25) is 0 Å². The van der Waals surface area contributed by atoms with E-state index in [1.165, 1.54) is 128 Å². The van der Waals surface area contributed by atoms with E-state index in [2.05, 4.69) is 18.4 Å². The van der Waals surface area contributed by atoms with E-state index >= 15 is 0 Å². The molecule has 0 aromatic carbocycles. The van der Waals surface area contributed by atoms with Gasteiger partial charge in [0.15, 0.2) is 6.10 Å². The fourth-order valence-electron chi connectivity index (χ4n) is 7.85. The first-order valence-electron chi connectivity index (χ1n) is 24.6. The van der Waals surface area contributed by atoms with Crippen molar-refractivity contribution in [3.8, 4) is 0 Å². The molecule has 0 saturated heterocycles. The van der Waals surface area contributed by atoms with E-state index in [0.29, 0.717) is 12.8 Å². The highest BCUT2D eigenvalue weighted by Crippen LogP contribution is 2.49. The van der Waals surface area contributed by atoms with Crippen LogP contribution in [-0.4, -0.2) is 103 Å². The third-order valence-corrected chi connectivity index (χ3v) is 13.2. The molecule has 1 saturated carbocycles. The van der Waals surface area contributed by atoms with Crippen molar-refractivity contribution in [1.29, 1.82) is 0 Å². The second-order valence-electron chi connectivity index (χ2n) is 17.6. The van der Waals surface area contributed by atoms with Crippen molar-refractivity contribution < 1.29 is 76.9 Å². The van der Waals surface area contributed by atoms with E-state index in [-0.39, 0.29) is 12.8 Å². The standard InChI is InChI=1S/C45H88O16P2/c1-3-5-7-9-11-13-15-17-19-21-23-25-27-29-31-33-38(46)57-35-37(59-39(47)34-32-30-28-26-24-22-20-18-16-14-12-10-8-6-4-2)36-58-63(55,56)61-45-42(50)40(48)41(49)44(43(45)51)60-62(52,53)54/h37,40-45,48-51H,3-36H2,1-2H3,(H,55,56)(H2,52,53,54)/t37?,40-,41-,42+,43+,44+,45-/m0/s1. The van der Waals surface area contributed by atoms with Crippen LogP contribution in [0.25, 0.3) is 0 Å². The summed E-state index contributed by atoms with van der Waals surface area (Å²) in [7, 11) is -10.7. The number of esters is 2. The number of aliphatic hydroxyl groups excluding tert-OH is 4. The smallest absolute Gasteiger partial charge is 0.462 e. The van der Waals surface area contributed by atoms with E-state index in [4.69, 9.17) is 18.5 Å². The molecular formula is C45H88O16P2. The monoisotopic (exact) mass is 947 g/mol. The molecule has 374 valence electrons. The molecule has 63 heavy (non-hydrogen) atoms. The molecule has 1 rings (SSSR count). The van der Waals surface area contributed by atoms with E-state index in [1.807, 2.05) is 0 Å². The van der Waals surface area contributed by atoms with Gasteiger partial charge in [-0.25, -0.2) is 9.13 Å². The summed E-state index contributed by atoms with van der Waals surface area (Å²) in [6.07, 6.45) is 20.5. The van der Waals surface area contributed by atoms with Crippen LogP contribution in [0.4, 0.5) is 0 Å². The van der Waals surface area contributed by atoms with Gasteiger partial charge in [-0.3, -0.25) is 23.2 Å². The number of ether oxygens (including phenoxy) is 2. The van der Waals surface area contributed by atoms with Gasteiger partial charge in [0, 0.05) is 12.8 Å². The third kappa shape index (κ3) is 31.6. The van der Waals surface area contributed by atoms with Crippen LogP contribution in [0.5, 0.6) is 0 Å². The van der Waals surface area contributed by atoms with Crippen LogP contribution < -0.4 is 0 Å². The molecular weight excluding hydrogens is 858 g/mol. The van der Waals surface area contributed by atoms with Crippen LogP contribution in [0.3, 0.4) is 0 Å². The van der Waals surface area contributed by atoms with E-state index in [9.17, 15) is 53.8 Å². The second-order valence-corrected chi connectivity index (χ2v) is 20.1. The molecule has 0 amide bonds. The number of rotatable bonds is 42. The normalized spacial score (nSPS) is 21.9. The molecule has 2 unspecified atom stereocenters. The maximum atomic E-state index is 13.0. The Balaban J connectivity index is 2.56. The molecule has 0 aromatic rings. The van der Waals surface area contributed by atoms with Crippen LogP contribution in [0.1, 0.15) is 219 Å². The molecule has 0 heterocycles. The predicted molar refractivity (Wildman–Crippen MR) is 242 cm³/mol. The number of phosphoric acid groups is 2. The Morgan fingerprint density at radius 1 is 0.444 bits per heavy atom. The summed E-state index contributed by atoms with van der Waals surface area (Å²) in [5.41, 5.74) is 0. The molecule has 8 atom stereocenters. The highest BCUT2D eigenvalue weighted by atomic mass is 31.2.